The second kappa shape index (κ2) is 5.80. The SMILES string of the molecule is COCC(C)N(C)CC1(N)CCOCC1. The molecule has 15 heavy (non-hydrogen) atoms. The molecule has 1 aliphatic rings. The average molecular weight is 216 g/mol. The van der Waals surface area contributed by atoms with Gasteiger partial charge < -0.3 is 15.2 Å². The molecular weight excluding hydrogens is 192 g/mol. The maximum Gasteiger partial charge on any atom is 0.0615 e. The summed E-state index contributed by atoms with van der Waals surface area (Å²) in [5.41, 5.74) is 6.26. The van der Waals surface area contributed by atoms with Crippen molar-refractivity contribution in [3.05, 3.63) is 0 Å². The third kappa shape index (κ3) is 4.07. The summed E-state index contributed by atoms with van der Waals surface area (Å²) in [6, 6.07) is 0.415. The van der Waals surface area contributed by atoms with Crippen molar-refractivity contribution in [3.8, 4) is 0 Å². The average Bonchev–Trinajstić information content (AvgIpc) is 2.18. The predicted molar refractivity (Wildman–Crippen MR) is 60.9 cm³/mol. The summed E-state index contributed by atoms with van der Waals surface area (Å²) in [6.45, 7) is 5.42. The Labute approximate surface area is 92.7 Å². The first-order valence-electron chi connectivity index (χ1n) is 5.63. The van der Waals surface area contributed by atoms with Gasteiger partial charge in [-0.15, -0.1) is 0 Å². The van der Waals surface area contributed by atoms with E-state index >= 15 is 0 Å². The molecule has 0 aliphatic carbocycles. The molecule has 0 saturated carbocycles. The van der Waals surface area contributed by atoms with Gasteiger partial charge in [0.2, 0.25) is 0 Å². The highest BCUT2D eigenvalue weighted by atomic mass is 16.5. The molecule has 0 radical (unpaired) electrons. The van der Waals surface area contributed by atoms with Crippen LogP contribution in [-0.4, -0.2) is 57.0 Å². The fourth-order valence-corrected chi connectivity index (χ4v) is 1.96. The third-order valence-corrected chi connectivity index (χ3v) is 3.21. The number of hydrogen-bond acceptors (Lipinski definition) is 4. The summed E-state index contributed by atoms with van der Waals surface area (Å²) in [4.78, 5) is 2.27. The quantitative estimate of drug-likeness (QED) is 0.725. The van der Waals surface area contributed by atoms with Gasteiger partial charge in [-0.05, 0) is 26.8 Å². The minimum absolute atomic E-state index is 0.0744. The van der Waals surface area contributed by atoms with Gasteiger partial charge >= 0.3 is 0 Å². The first-order chi connectivity index (χ1) is 7.07. The van der Waals surface area contributed by atoms with E-state index in [1.165, 1.54) is 0 Å². The number of methoxy groups -OCH3 is 1. The molecule has 0 spiro atoms. The molecule has 1 aliphatic heterocycles. The number of likely N-dealkylation sites (N-methyl/N-ethyl adjacent to an activating group) is 1. The maximum absolute atomic E-state index is 6.33. The van der Waals surface area contributed by atoms with Gasteiger partial charge in [0.05, 0.1) is 6.61 Å². The van der Waals surface area contributed by atoms with Crippen molar-refractivity contribution < 1.29 is 9.47 Å². The van der Waals surface area contributed by atoms with Crippen LogP contribution in [0.4, 0.5) is 0 Å². The van der Waals surface area contributed by atoms with E-state index in [0.717, 1.165) is 39.2 Å². The lowest BCUT2D eigenvalue weighted by atomic mass is 9.90. The van der Waals surface area contributed by atoms with Gasteiger partial charge in [-0.25, -0.2) is 0 Å². The Kier molecular flexibility index (Phi) is 4.99. The summed E-state index contributed by atoms with van der Waals surface area (Å²) >= 11 is 0. The van der Waals surface area contributed by atoms with E-state index in [0.29, 0.717) is 6.04 Å². The molecule has 0 aromatic heterocycles. The lowest BCUT2D eigenvalue weighted by Gasteiger charge is -2.38. The highest BCUT2D eigenvalue weighted by Gasteiger charge is 2.30. The van der Waals surface area contributed by atoms with E-state index < -0.39 is 0 Å². The molecule has 0 aromatic rings. The standard InChI is InChI=1S/C11H24N2O2/c1-10(8-14-3)13(2)9-11(12)4-6-15-7-5-11/h10H,4-9,12H2,1-3H3. The van der Waals surface area contributed by atoms with E-state index in [1.807, 2.05) is 0 Å². The molecule has 1 heterocycles. The van der Waals surface area contributed by atoms with Gasteiger partial charge in [-0.2, -0.15) is 0 Å². The Hall–Kier alpha value is -0.160. The van der Waals surface area contributed by atoms with Crippen molar-refractivity contribution in [2.75, 3.05) is 40.5 Å². The molecule has 90 valence electrons. The van der Waals surface area contributed by atoms with Crippen LogP contribution in [0, 0.1) is 0 Å². The predicted octanol–water partition coefficient (Wildman–Crippen LogP) is 0.461. The molecule has 1 fully saturated rings. The maximum atomic E-state index is 6.33. The summed E-state index contributed by atoms with van der Waals surface area (Å²) < 4.78 is 10.5. The van der Waals surface area contributed by atoms with E-state index in [-0.39, 0.29) is 5.54 Å². The van der Waals surface area contributed by atoms with Gasteiger partial charge in [0.15, 0.2) is 0 Å². The number of nitrogens with two attached hydrogens (primary N) is 1. The highest BCUT2D eigenvalue weighted by molar-refractivity contribution is 4.89. The molecule has 4 heteroatoms. The summed E-state index contributed by atoms with van der Waals surface area (Å²) in [6.07, 6.45) is 1.91. The molecule has 1 rings (SSSR count). The zero-order chi connectivity index (χ0) is 11.3. The van der Waals surface area contributed by atoms with Crippen molar-refractivity contribution in [1.29, 1.82) is 0 Å². The smallest absolute Gasteiger partial charge is 0.0615 e. The Bertz CT molecular complexity index is 181. The van der Waals surface area contributed by atoms with Gasteiger partial charge in [0.1, 0.15) is 0 Å². The van der Waals surface area contributed by atoms with Gasteiger partial charge in [-0.1, -0.05) is 0 Å². The van der Waals surface area contributed by atoms with Gasteiger partial charge in [0, 0.05) is 38.4 Å². The summed E-state index contributed by atoms with van der Waals surface area (Å²) in [5.74, 6) is 0. The summed E-state index contributed by atoms with van der Waals surface area (Å²) in [5, 5.41) is 0. The van der Waals surface area contributed by atoms with Crippen molar-refractivity contribution in [3.63, 3.8) is 0 Å². The Morgan fingerprint density at radius 1 is 1.47 bits per heavy atom. The monoisotopic (exact) mass is 216 g/mol. The normalized spacial score (nSPS) is 23.0. The molecule has 0 amide bonds. The van der Waals surface area contributed by atoms with Crippen molar-refractivity contribution >= 4 is 0 Å². The molecular formula is C11H24N2O2. The lowest BCUT2D eigenvalue weighted by molar-refractivity contribution is 0.0288. The lowest BCUT2D eigenvalue weighted by Crippen LogP contribution is -2.54. The molecule has 2 N–H and O–H groups in total. The fourth-order valence-electron chi connectivity index (χ4n) is 1.96. The topological polar surface area (TPSA) is 47.7 Å². The zero-order valence-electron chi connectivity index (χ0n) is 10.2. The van der Waals surface area contributed by atoms with Gasteiger partial charge in [0.25, 0.3) is 0 Å². The molecule has 4 nitrogen and oxygen atoms in total. The van der Waals surface area contributed by atoms with Crippen LogP contribution in [0.1, 0.15) is 19.8 Å². The van der Waals surface area contributed by atoms with Crippen LogP contribution in [0.2, 0.25) is 0 Å². The van der Waals surface area contributed by atoms with Crippen LogP contribution in [0.3, 0.4) is 0 Å². The highest BCUT2D eigenvalue weighted by Crippen LogP contribution is 2.19. The minimum atomic E-state index is -0.0744. The van der Waals surface area contributed by atoms with Crippen LogP contribution in [0.5, 0.6) is 0 Å². The number of hydrogen-bond donors (Lipinski definition) is 1. The number of rotatable bonds is 5. The Morgan fingerprint density at radius 3 is 2.60 bits per heavy atom. The molecule has 1 unspecified atom stereocenters. The van der Waals surface area contributed by atoms with E-state index in [1.54, 1.807) is 7.11 Å². The van der Waals surface area contributed by atoms with Gasteiger partial charge in [-0.3, -0.25) is 4.90 Å². The molecule has 0 bridgehead atoms. The zero-order valence-corrected chi connectivity index (χ0v) is 10.2. The first kappa shape index (κ1) is 12.9. The summed E-state index contributed by atoms with van der Waals surface area (Å²) in [7, 11) is 3.84. The minimum Gasteiger partial charge on any atom is -0.383 e. The Morgan fingerprint density at radius 2 is 2.07 bits per heavy atom. The van der Waals surface area contributed by atoms with Crippen LogP contribution >= 0.6 is 0 Å². The largest absolute Gasteiger partial charge is 0.383 e. The fraction of sp³-hybridized carbons (Fsp3) is 1.00. The van der Waals surface area contributed by atoms with Crippen molar-refractivity contribution in [2.45, 2.75) is 31.3 Å². The van der Waals surface area contributed by atoms with Crippen molar-refractivity contribution in [2.24, 2.45) is 5.73 Å². The second-order valence-corrected chi connectivity index (χ2v) is 4.69. The molecule has 0 aromatic carbocycles. The van der Waals surface area contributed by atoms with Crippen LogP contribution < -0.4 is 5.73 Å². The third-order valence-electron chi connectivity index (χ3n) is 3.21. The molecule has 1 saturated heterocycles. The van der Waals surface area contributed by atoms with Crippen molar-refractivity contribution in [1.82, 2.24) is 4.90 Å². The van der Waals surface area contributed by atoms with Crippen LogP contribution in [0.25, 0.3) is 0 Å². The van der Waals surface area contributed by atoms with E-state index in [9.17, 15) is 0 Å². The van der Waals surface area contributed by atoms with Crippen LogP contribution in [0.15, 0.2) is 0 Å². The van der Waals surface area contributed by atoms with E-state index in [4.69, 9.17) is 15.2 Å². The first-order valence-corrected chi connectivity index (χ1v) is 5.63. The van der Waals surface area contributed by atoms with E-state index in [2.05, 4.69) is 18.9 Å². The van der Waals surface area contributed by atoms with Crippen LogP contribution in [-0.2, 0) is 9.47 Å². The Balaban J connectivity index is 2.37. The number of nitrogens with zero attached hydrogens (tertiary/aromatic N) is 1. The molecule has 1 atom stereocenters. The second-order valence-electron chi connectivity index (χ2n) is 4.69. The number of ether oxygens (including phenoxy) is 2.